The van der Waals surface area contributed by atoms with Crippen molar-refractivity contribution in [3.8, 4) is 0 Å². The number of halogens is 1. The number of methoxy groups -OCH3 is 1. The van der Waals surface area contributed by atoms with Crippen molar-refractivity contribution in [1.29, 1.82) is 0 Å². The first-order valence-corrected chi connectivity index (χ1v) is 9.70. The molecule has 0 aliphatic heterocycles. The molecular weight excluding hydrogens is 408 g/mol. The van der Waals surface area contributed by atoms with Crippen LogP contribution in [0, 0.1) is 0 Å². The summed E-state index contributed by atoms with van der Waals surface area (Å²) in [7, 11) is -2.52. The lowest BCUT2D eigenvalue weighted by atomic mass is 9.85. The molecule has 2 aromatic rings. The molecular formula is C18H19BrO5S. The summed E-state index contributed by atoms with van der Waals surface area (Å²) < 4.78 is 35.3. The van der Waals surface area contributed by atoms with Gasteiger partial charge < -0.3 is 4.74 Å². The molecule has 0 heterocycles. The SMILES string of the molecule is COC(=O)c1ccc(C(C)(C)COS(=O)(=O)c2ccc(Br)cc2)cc1. The largest absolute Gasteiger partial charge is 0.465 e. The van der Waals surface area contributed by atoms with Gasteiger partial charge in [0, 0.05) is 9.89 Å². The van der Waals surface area contributed by atoms with Crippen LogP contribution in [0.2, 0.25) is 0 Å². The first-order valence-electron chi connectivity index (χ1n) is 7.49. The summed E-state index contributed by atoms with van der Waals surface area (Å²) in [6, 6.07) is 13.1. The predicted octanol–water partition coefficient (Wildman–Crippen LogP) is 3.92. The maximum absolute atomic E-state index is 12.3. The molecule has 7 heteroatoms. The van der Waals surface area contributed by atoms with E-state index in [-0.39, 0.29) is 11.5 Å². The van der Waals surface area contributed by atoms with Crippen molar-refractivity contribution in [3.63, 3.8) is 0 Å². The number of carbonyl (C=O) groups is 1. The van der Waals surface area contributed by atoms with E-state index >= 15 is 0 Å². The average Bonchev–Trinajstić information content (AvgIpc) is 2.60. The van der Waals surface area contributed by atoms with Gasteiger partial charge in [-0.1, -0.05) is 41.9 Å². The van der Waals surface area contributed by atoms with E-state index < -0.39 is 21.5 Å². The van der Waals surface area contributed by atoms with Crippen LogP contribution in [-0.2, 0) is 24.5 Å². The molecule has 0 aliphatic carbocycles. The Hall–Kier alpha value is -1.70. The molecule has 0 atom stereocenters. The molecule has 0 radical (unpaired) electrons. The van der Waals surface area contributed by atoms with Crippen LogP contribution in [0.15, 0.2) is 57.9 Å². The Morgan fingerprint density at radius 1 is 1.04 bits per heavy atom. The van der Waals surface area contributed by atoms with Gasteiger partial charge in [-0.05, 0) is 42.0 Å². The van der Waals surface area contributed by atoms with Crippen molar-refractivity contribution >= 4 is 32.0 Å². The average molecular weight is 427 g/mol. The second-order valence-electron chi connectivity index (χ2n) is 6.12. The van der Waals surface area contributed by atoms with E-state index in [0.29, 0.717) is 5.56 Å². The molecule has 0 fully saturated rings. The second-order valence-corrected chi connectivity index (χ2v) is 8.65. The van der Waals surface area contributed by atoms with Crippen molar-refractivity contribution < 1.29 is 22.1 Å². The summed E-state index contributed by atoms with van der Waals surface area (Å²) in [6.07, 6.45) is 0. The van der Waals surface area contributed by atoms with Crippen LogP contribution in [0.25, 0.3) is 0 Å². The maximum atomic E-state index is 12.3. The number of esters is 1. The Balaban J connectivity index is 2.12. The molecule has 0 N–H and O–H groups in total. The van der Waals surface area contributed by atoms with Crippen molar-refractivity contribution in [1.82, 2.24) is 0 Å². The van der Waals surface area contributed by atoms with E-state index in [2.05, 4.69) is 20.7 Å². The number of rotatable bonds is 6. The number of hydrogen-bond donors (Lipinski definition) is 0. The fourth-order valence-electron chi connectivity index (χ4n) is 2.15. The Kier molecular flexibility index (Phi) is 6.03. The van der Waals surface area contributed by atoms with Crippen LogP contribution in [0.4, 0.5) is 0 Å². The van der Waals surface area contributed by atoms with Gasteiger partial charge >= 0.3 is 5.97 Å². The molecule has 0 saturated carbocycles. The zero-order valence-electron chi connectivity index (χ0n) is 14.2. The van der Waals surface area contributed by atoms with Crippen LogP contribution in [0.3, 0.4) is 0 Å². The smallest absolute Gasteiger partial charge is 0.337 e. The van der Waals surface area contributed by atoms with Gasteiger partial charge in [0.05, 0.1) is 24.2 Å². The number of carbonyl (C=O) groups excluding carboxylic acids is 1. The molecule has 25 heavy (non-hydrogen) atoms. The molecule has 0 aliphatic rings. The molecule has 0 unspecified atom stereocenters. The summed E-state index contributed by atoms with van der Waals surface area (Å²) in [4.78, 5) is 11.6. The van der Waals surface area contributed by atoms with Crippen molar-refractivity contribution in [2.75, 3.05) is 13.7 Å². The van der Waals surface area contributed by atoms with E-state index in [0.717, 1.165) is 10.0 Å². The Bertz CT molecular complexity index is 840. The third kappa shape index (κ3) is 4.90. The standard InChI is InChI=1S/C18H19BrO5S/c1-18(2,14-6-4-13(5-7-14)17(20)23-3)12-24-25(21,22)16-10-8-15(19)9-11-16/h4-11H,12H2,1-3H3. The highest BCUT2D eigenvalue weighted by molar-refractivity contribution is 9.10. The Morgan fingerprint density at radius 2 is 1.60 bits per heavy atom. The first kappa shape index (κ1) is 19.6. The van der Waals surface area contributed by atoms with E-state index in [1.807, 2.05) is 13.8 Å². The normalized spacial score (nSPS) is 12.0. The zero-order chi connectivity index (χ0) is 18.7. The van der Waals surface area contributed by atoms with Crippen molar-refractivity contribution in [2.45, 2.75) is 24.2 Å². The number of hydrogen-bond acceptors (Lipinski definition) is 5. The van der Waals surface area contributed by atoms with Crippen LogP contribution in [0.1, 0.15) is 29.8 Å². The minimum Gasteiger partial charge on any atom is -0.465 e. The zero-order valence-corrected chi connectivity index (χ0v) is 16.6. The van der Waals surface area contributed by atoms with E-state index in [9.17, 15) is 13.2 Å². The Morgan fingerprint density at radius 3 is 2.12 bits per heavy atom. The van der Waals surface area contributed by atoms with Gasteiger partial charge in [0.1, 0.15) is 0 Å². The molecule has 0 saturated heterocycles. The summed E-state index contributed by atoms with van der Waals surface area (Å²) in [6.45, 7) is 3.72. The van der Waals surface area contributed by atoms with Gasteiger partial charge in [-0.3, -0.25) is 4.18 Å². The van der Waals surface area contributed by atoms with E-state index in [1.165, 1.54) is 19.2 Å². The maximum Gasteiger partial charge on any atom is 0.337 e. The lowest BCUT2D eigenvalue weighted by Crippen LogP contribution is -2.26. The van der Waals surface area contributed by atoms with Gasteiger partial charge in [-0.25, -0.2) is 4.79 Å². The molecule has 0 aromatic heterocycles. The summed E-state index contributed by atoms with van der Waals surface area (Å²) >= 11 is 3.27. The molecule has 2 aromatic carbocycles. The Labute approximate surface area is 156 Å². The second kappa shape index (κ2) is 7.68. The molecule has 0 spiro atoms. The van der Waals surface area contributed by atoms with Gasteiger partial charge in [0.2, 0.25) is 0 Å². The first-order chi connectivity index (χ1) is 11.7. The van der Waals surface area contributed by atoms with Gasteiger partial charge in [-0.2, -0.15) is 8.42 Å². The van der Waals surface area contributed by atoms with E-state index in [4.69, 9.17) is 4.18 Å². The molecule has 0 amide bonds. The predicted molar refractivity (Wildman–Crippen MR) is 98.1 cm³/mol. The van der Waals surface area contributed by atoms with Crippen LogP contribution < -0.4 is 0 Å². The van der Waals surface area contributed by atoms with Crippen LogP contribution in [-0.4, -0.2) is 28.1 Å². The highest BCUT2D eigenvalue weighted by Crippen LogP contribution is 2.26. The van der Waals surface area contributed by atoms with Crippen LogP contribution >= 0.6 is 15.9 Å². The fraction of sp³-hybridized carbons (Fsp3) is 0.278. The summed E-state index contributed by atoms with van der Waals surface area (Å²) in [5, 5.41) is 0. The van der Waals surface area contributed by atoms with Crippen LogP contribution in [0.5, 0.6) is 0 Å². The van der Waals surface area contributed by atoms with Crippen molar-refractivity contribution in [3.05, 3.63) is 64.1 Å². The number of ether oxygens (including phenoxy) is 1. The summed E-state index contributed by atoms with van der Waals surface area (Å²) in [5.41, 5.74) is 0.730. The highest BCUT2D eigenvalue weighted by atomic mass is 79.9. The third-order valence-corrected chi connectivity index (χ3v) is 5.57. The fourth-order valence-corrected chi connectivity index (χ4v) is 3.47. The molecule has 0 bridgehead atoms. The highest BCUT2D eigenvalue weighted by Gasteiger charge is 2.26. The van der Waals surface area contributed by atoms with E-state index in [1.54, 1.807) is 36.4 Å². The lowest BCUT2D eigenvalue weighted by Gasteiger charge is -2.25. The summed E-state index contributed by atoms with van der Waals surface area (Å²) in [5.74, 6) is -0.418. The quantitative estimate of drug-likeness (QED) is 0.516. The lowest BCUT2D eigenvalue weighted by molar-refractivity contribution is 0.0600. The molecule has 5 nitrogen and oxygen atoms in total. The molecule has 134 valence electrons. The van der Waals surface area contributed by atoms with Gasteiger partial charge in [-0.15, -0.1) is 0 Å². The molecule has 2 rings (SSSR count). The van der Waals surface area contributed by atoms with Gasteiger partial charge in [0.15, 0.2) is 0 Å². The monoisotopic (exact) mass is 426 g/mol. The number of benzene rings is 2. The topological polar surface area (TPSA) is 69.7 Å². The minimum atomic E-state index is -3.84. The third-order valence-electron chi connectivity index (χ3n) is 3.76. The van der Waals surface area contributed by atoms with Crippen molar-refractivity contribution in [2.24, 2.45) is 0 Å². The van der Waals surface area contributed by atoms with Gasteiger partial charge in [0.25, 0.3) is 10.1 Å². The minimum absolute atomic E-state index is 0.0248.